The van der Waals surface area contributed by atoms with E-state index in [9.17, 15) is 9.59 Å². The van der Waals surface area contributed by atoms with Gasteiger partial charge >= 0.3 is 5.97 Å². The fourth-order valence-electron chi connectivity index (χ4n) is 2.40. The average molecular weight is 378 g/mol. The summed E-state index contributed by atoms with van der Waals surface area (Å²) in [6.45, 7) is 3.32. The molecular formula is C19H20ClNO5. The number of carbonyl (C=O) groups excluding carboxylic acids is 2. The van der Waals surface area contributed by atoms with Gasteiger partial charge in [-0.1, -0.05) is 29.3 Å². The highest BCUT2D eigenvalue weighted by Crippen LogP contribution is 2.35. The van der Waals surface area contributed by atoms with Crippen molar-refractivity contribution in [3.8, 4) is 11.5 Å². The molecule has 0 spiro atoms. The number of esters is 1. The number of amides is 1. The molecule has 0 bridgehead atoms. The first-order valence-electron chi connectivity index (χ1n) is 7.81. The highest BCUT2D eigenvalue weighted by molar-refractivity contribution is 6.32. The minimum absolute atomic E-state index is 0.351. The van der Waals surface area contributed by atoms with Crippen LogP contribution in [0.4, 0.5) is 5.69 Å². The lowest BCUT2D eigenvalue weighted by Crippen LogP contribution is -2.21. The second-order valence-electron chi connectivity index (χ2n) is 5.63. The van der Waals surface area contributed by atoms with Crippen LogP contribution >= 0.6 is 11.6 Å². The summed E-state index contributed by atoms with van der Waals surface area (Å²) in [6.07, 6.45) is 0. The second-order valence-corrected chi connectivity index (χ2v) is 6.04. The third-order valence-corrected chi connectivity index (χ3v) is 3.98. The molecule has 0 aliphatic rings. The fourth-order valence-corrected chi connectivity index (χ4v) is 2.63. The number of rotatable bonds is 6. The van der Waals surface area contributed by atoms with Crippen LogP contribution in [0.25, 0.3) is 0 Å². The Bertz CT molecular complexity index is 835. The van der Waals surface area contributed by atoms with Crippen LogP contribution in [0.2, 0.25) is 5.02 Å². The van der Waals surface area contributed by atoms with E-state index in [1.54, 1.807) is 6.07 Å². The van der Waals surface area contributed by atoms with Crippen LogP contribution in [-0.4, -0.2) is 32.7 Å². The Morgan fingerprint density at radius 2 is 1.73 bits per heavy atom. The minimum Gasteiger partial charge on any atom is -0.495 e. The van der Waals surface area contributed by atoms with Crippen LogP contribution in [0.3, 0.4) is 0 Å². The summed E-state index contributed by atoms with van der Waals surface area (Å²) in [4.78, 5) is 24.3. The molecule has 0 aliphatic heterocycles. The Balaban J connectivity index is 2.04. The van der Waals surface area contributed by atoms with E-state index in [4.69, 9.17) is 25.8 Å². The number of ether oxygens (including phenoxy) is 3. The monoisotopic (exact) mass is 377 g/mol. The van der Waals surface area contributed by atoms with Gasteiger partial charge in [0.15, 0.2) is 6.61 Å². The highest BCUT2D eigenvalue weighted by atomic mass is 35.5. The SMILES string of the molecule is COc1cc(NC(=O)COC(=O)c2ccc(C)cc2C)c(OC)cc1Cl. The van der Waals surface area contributed by atoms with Gasteiger partial charge in [-0.2, -0.15) is 0 Å². The van der Waals surface area contributed by atoms with Crippen molar-refractivity contribution in [3.63, 3.8) is 0 Å². The number of methoxy groups -OCH3 is 2. The van der Waals surface area contributed by atoms with Gasteiger partial charge in [-0.3, -0.25) is 4.79 Å². The third kappa shape index (κ3) is 4.67. The van der Waals surface area contributed by atoms with Crippen LogP contribution in [0, 0.1) is 13.8 Å². The van der Waals surface area contributed by atoms with Gasteiger partial charge in [-0.25, -0.2) is 4.79 Å². The summed E-state index contributed by atoms with van der Waals surface area (Å²) in [6, 6.07) is 8.43. The molecule has 6 nitrogen and oxygen atoms in total. The summed E-state index contributed by atoms with van der Waals surface area (Å²) in [5.41, 5.74) is 2.62. The lowest BCUT2D eigenvalue weighted by atomic mass is 10.1. The summed E-state index contributed by atoms with van der Waals surface area (Å²) in [5, 5.41) is 2.96. The minimum atomic E-state index is -0.557. The van der Waals surface area contributed by atoms with Gasteiger partial charge in [-0.05, 0) is 25.5 Å². The standard InChI is InChI=1S/C19H20ClNO5/c1-11-5-6-13(12(2)7-11)19(23)26-10-18(22)21-15-9-16(24-3)14(20)8-17(15)25-4/h5-9H,10H2,1-4H3,(H,21,22). The highest BCUT2D eigenvalue weighted by Gasteiger charge is 2.15. The lowest BCUT2D eigenvalue weighted by Gasteiger charge is -2.13. The number of carbonyl (C=O) groups is 2. The molecule has 2 rings (SSSR count). The van der Waals surface area contributed by atoms with Crippen LogP contribution in [0.15, 0.2) is 30.3 Å². The van der Waals surface area contributed by atoms with E-state index in [2.05, 4.69) is 5.32 Å². The molecule has 0 aliphatic carbocycles. The number of nitrogens with one attached hydrogen (secondary N) is 1. The van der Waals surface area contributed by atoms with E-state index < -0.39 is 18.5 Å². The Hall–Kier alpha value is -2.73. The van der Waals surface area contributed by atoms with Crippen molar-refractivity contribution in [3.05, 3.63) is 52.0 Å². The number of aryl methyl sites for hydroxylation is 2. The summed E-state index contributed by atoms with van der Waals surface area (Å²) in [7, 11) is 2.92. The maximum Gasteiger partial charge on any atom is 0.338 e. The van der Waals surface area contributed by atoms with E-state index in [1.807, 2.05) is 26.0 Å². The Labute approximate surface area is 157 Å². The van der Waals surface area contributed by atoms with Gasteiger partial charge in [0.1, 0.15) is 11.5 Å². The smallest absolute Gasteiger partial charge is 0.338 e. The molecule has 0 radical (unpaired) electrons. The first-order valence-corrected chi connectivity index (χ1v) is 8.19. The Kier molecular flexibility index (Phi) is 6.46. The van der Waals surface area contributed by atoms with E-state index in [0.717, 1.165) is 11.1 Å². The molecule has 26 heavy (non-hydrogen) atoms. The van der Waals surface area contributed by atoms with Crippen LogP contribution in [0.1, 0.15) is 21.5 Å². The van der Waals surface area contributed by atoms with Crippen molar-refractivity contribution < 1.29 is 23.8 Å². The summed E-state index contributed by atoms with van der Waals surface area (Å²) >= 11 is 6.03. The normalized spacial score (nSPS) is 10.2. The van der Waals surface area contributed by atoms with Crippen molar-refractivity contribution in [1.29, 1.82) is 0 Å². The molecule has 0 atom stereocenters. The molecule has 0 unspecified atom stereocenters. The number of benzene rings is 2. The quantitative estimate of drug-likeness (QED) is 0.776. The molecule has 2 aromatic carbocycles. The number of anilines is 1. The molecule has 7 heteroatoms. The van der Waals surface area contributed by atoms with Crippen molar-refractivity contribution in [1.82, 2.24) is 0 Å². The van der Waals surface area contributed by atoms with E-state index >= 15 is 0 Å². The number of halogens is 1. The van der Waals surface area contributed by atoms with Gasteiger partial charge in [0.2, 0.25) is 0 Å². The molecule has 0 heterocycles. The van der Waals surface area contributed by atoms with Gasteiger partial charge in [0, 0.05) is 12.1 Å². The zero-order valence-electron chi connectivity index (χ0n) is 15.0. The average Bonchev–Trinajstić information content (AvgIpc) is 2.60. The zero-order chi connectivity index (χ0) is 19.3. The predicted octanol–water partition coefficient (Wildman–Crippen LogP) is 3.77. The molecule has 0 saturated heterocycles. The molecule has 138 valence electrons. The number of hydrogen-bond acceptors (Lipinski definition) is 5. The summed E-state index contributed by atoms with van der Waals surface area (Å²) < 4.78 is 15.4. The fraction of sp³-hybridized carbons (Fsp3) is 0.263. The molecule has 0 fully saturated rings. The maximum absolute atomic E-state index is 12.1. The molecule has 1 N–H and O–H groups in total. The molecular weight excluding hydrogens is 358 g/mol. The lowest BCUT2D eigenvalue weighted by molar-refractivity contribution is -0.119. The van der Waals surface area contributed by atoms with Crippen molar-refractivity contribution in [2.45, 2.75) is 13.8 Å². The predicted molar refractivity (Wildman–Crippen MR) is 99.4 cm³/mol. The topological polar surface area (TPSA) is 73.9 Å². The van der Waals surface area contributed by atoms with Crippen molar-refractivity contribution in [2.75, 3.05) is 26.1 Å². The molecule has 0 saturated carbocycles. The third-order valence-electron chi connectivity index (χ3n) is 3.68. The second kappa shape index (κ2) is 8.58. The molecule has 1 amide bonds. The maximum atomic E-state index is 12.1. The van der Waals surface area contributed by atoms with Crippen LogP contribution in [0.5, 0.6) is 11.5 Å². The van der Waals surface area contributed by atoms with Crippen LogP contribution in [-0.2, 0) is 9.53 Å². The van der Waals surface area contributed by atoms with Crippen molar-refractivity contribution >= 4 is 29.2 Å². The van der Waals surface area contributed by atoms with Gasteiger partial charge in [0.25, 0.3) is 5.91 Å². The summed E-state index contributed by atoms with van der Waals surface area (Å²) in [5.74, 6) is -0.316. The zero-order valence-corrected chi connectivity index (χ0v) is 15.8. The van der Waals surface area contributed by atoms with E-state index in [1.165, 1.54) is 26.4 Å². The van der Waals surface area contributed by atoms with E-state index in [-0.39, 0.29) is 0 Å². The van der Waals surface area contributed by atoms with E-state index in [0.29, 0.717) is 27.8 Å². The first kappa shape index (κ1) is 19.6. The number of hydrogen-bond donors (Lipinski definition) is 1. The van der Waals surface area contributed by atoms with Crippen molar-refractivity contribution in [2.24, 2.45) is 0 Å². The Morgan fingerprint density at radius 3 is 2.35 bits per heavy atom. The van der Waals surface area contributed by atoms with Gasteiger partial charge in [-0.15, -0.1) is 0 Å². The largest absolute Gasteiger partial charge is 0.495 e. The molecule has 2 aromatic rings. The Morgan fingerprint density at radius 1 is 1.04 bits per heavy atom. The van der Waals surface area contributed by atoms with Gasteiger partial charge in [0.05, 0.1) is 30.5 Å². The molecule has 0 aromatic heterocycles. The first-order chi connectivity index (χ1) is 12.3. The van der Waals surface area contributed by atoms with Crippen LogP contribution < -0.4 is 14.8 Å². The van der Waals surface area contributed by atoms with Gasteiger partial charge < -0.3 is 19.5 Å².